The number of hydrogen-bond acceptors (Lipinski definition) is 6. The molecule has 116 valence electrons. The molecule has 3 rings (SSSR count). The summed E-state index contributed by atoms with van der Waals surface area (Å²) in [5.74, 6) is 0. The molecule has 7 heteroatoms. The fourth-order valence-corrected chi connectivity index (χ4v) is 2.41. The molecule has 0 aromatic carbocycles. The first-order chi connectivity index (χ1) is 14.4. The second-order valence-corrected chi connectivity index (χ2v) is 6.46. The molecule has 0 bridgehead atoms. The topological polar surface area (TPSA) is 37.8 Å². The van der Waals surface area contributed by atoms with Gasteiger partial charge in [0.05, 0.1) is 23.6 Å². The van der Waals surface area contributed by atoms with E-state index in [0.29, 0.717) is 11.3 Å². The van der Waals surface area contributed by atoms with E-state index in [9.17, 15) is 0 Å². The molecule has 2 fully saturated rings. The maximum absolute atomic E-state index is 8.34. The zero-order chi connectivity index (χ0) is 25.8. The number of aromatic nitrogens is 1. The van der Waals surface area contributed by atoms with Gasteiger partial charge in [-0.25, -0.2) is 4.98 Å². The Balaban J connectivity index is 2.15. The Morgan fingerprint density at radius 1 is 1.29 bits per heavy atom. The fourth-order valence-electron chi connectivity index (χ4n) is 1.75. The molecule has 3 heterocycles. The normalized spacial score (nSPS) is 44.2. The van der Waals surface area contributed by atoms with Gasteiger partial charge in [0, 0.05) is 40.9 Å². The summed E-state index contributed by atoms with van der Waals surface area (Å²) in [4.78, 5) is 3.81. The van der Waals surface area contributed by atoms with Gasteiger partial charge in [0.1, 0.15) is 0 Å². The van der Waals surface area contributed by atoms with E-state index < -0.39 is 61.3 Å². The third kappa shape index (κ3) is 2.84. The lowest BCUT2D eigenvalue weighted by Crippen LogP contribution is -2.45. The first kappa shape index (κ1) is 6.47. The number of piperazine rings is 1. The van der Waals surface area contributed by atoms with Crippen LogP contribution in [0.25, 0.3) is 0 Å². The van der Waals surface area contributed by atoms with Crippen molar-refractivity contribution in [3.63, 3.8) is 0 Å². The van der Waals surface area contributed by atoms with E-state index in [-0.39, 0.29) is 15.8 Å². The van der Waals surface area contributed by atoms with Crippen LogP contribution in [0.1, 0.15) is 44.1 Å². The van der Waals surface area contributed by atoms with Crippen molar-refractivity contribution in [1.82, 2.24) is 9.88 Å². The second kappa shape index (κ2) is 5.23. The van der Waals surface area contributed by atoms with Crippen molar-refractivity contribution in [2.75, 3.05) is 37.9 Å². The zero-order valence-corrected chi connectivity index (χ0v) is 13.0. The molecular formula is C14H24BN3O2S. The van der Waals surface area contributed by atoms with Gasteiger partial charge in [-0.2, -0.15) is 0 Å². The van der Waals surface area contributed by atoms with Crippen LogP contribution < -0.4 is 10.5 Å². The van der Waals surface area contributed by atoms with Gasteiger partial charge in [-0.15, -0.1) is 11.3 Å². The van der Waals surface area contributed by atoms with Gasteiger partial charge in [-0.1, -0.05) is 0 Å². The maximum Gasteiger partial charge on any atom is 0.515 e. The molecule has 0 N–H and O–H groups in total. The Bertz CT molecular complexity index is 906. The third-order valence-corrected chi connectivity index (χ3v) is 4.45. The molecule has 1 aromatic heterocycles. The molecule has 21 heavy (non-hydrogen) atoms. The summed E-state index contributed by atoms with van der Waals surface area (Å²) >= 11 is 0.472. The van der Waals surface area contributed by atoms with Crippen LogP contribution in [0.4, 0.5) is 5.13 Å². The molecule has 0 unspecified atom stereocenters. The molecular weight excluding hydrogens is 285 g/mol. The van der Waals surface area contributed by atoms with E-state index >= 15 is 0 Å². The molecule has 1 aromatic rings. The molecule has 2 aliphatic rings. The molecule has 0 spiro atoms. The first-order valence-corrected chi connectivity index (χ1v) is 7.18. The average Bonchev–Trinajstić information content (AvgIpc) is 3.00. The Morgan fingerprint density at radius 2 is 1.90 bits per heavy atom. The highest BCUT2D eigenvalue weighted by atomic mass is 32.1. The van der Waals surface area contributed by atoms with Crippen LogP contribution in [0.5, 0.6) is 0 Å². The number of anilines is 1. The van der Waals surface area contributed by atoms with E-state index in [1.807, 2.05) is 0 Å². The van der Waals surface area contributed by atoms with Crippen LogP contribution in [-0.4, -0.2) is 61.2 Å². The minimum atomic E-state index is -3.52. The van der Waals surface area contributed by atoms with E-state index in [0.717, 1.165) is 0 Å². The largest absolute Gasteiger partial charge is 0.515 e. The van der Waals surface area contributed by atoms with Gasteiger partial charge < -0.3 is 19.1 Å². The lowest BCUT2D eigenvalue weighted by molar-refractivity contribution is 0.00578. The first-order valence-electron chi connectivity index (χ1n) is 12.4. The van der Waals surface area contributed by atoms with Crippen molar-refractivity contribution < 1.29 is 25.8 Å². The quantitative estimate of drug-likeness (QED) is 0.765. The minimum Gasteiger partial charge on any atom is -0.398 e. The van der Waals surface area contributed by atoms with Gasteiger partial charge in [0.15, 0.2) is 5.13 Å². The summed E-state index contributed by atoms with van der Waals surface area (Å²) in [5.41, 5.74) is -1.70. The Labute approximate surface area is 148 Å². The van der Waals surface area contributed by atoms with Crippen LogP contribution in [-0.2, 0) is 9.31 Å². The van der Waals surface area contributed by atoms with Crippen LogP contribution >= 0.6 is 11.3 Å². The maximum atomic E-state index is 8.34. The monoisotopic (exact) mass is 321 g/mol. The number of likely N-dealkylation sites (N-methyl/N-ethyl adjacent to an activating group) is 1. The van der Waals surface area contributed by atoms with Crippen LogP contribution in [0.15, 0.2) is 5.36 Å². The average molecular weight is 321 g/mol. The molecule has 2 saturated heterocycles. The summed E-state index contributed by atoms with van der Waals surface area (Å²) in [6.07, 6.45) is 0. The number of thiazole rings is 1. The fraction of sp³-hybridized carbons (Fsp3) is 0.786. The van der Waals surface area contributed by atoms with Crippen LogP contribution in [0, 0.1) is 0 Å². The number of hydrogen-bond donors (Lipinski definition) is 0. The molecule has 5 nitrogen and oxygen atoms in total. The standard InChI is InChI=1S/C14H24BN3O2S/c1-13(2)14(3,4)20-15(19-13)11-10-21-12(16-11)18-8-6-17(5)7-9-18/h10H,6-9H2,1-5H3/i5D3,6D2,7D2,8D2,9D2,10D. The SMILES string of the molecule is [2H]c1sc(N2C([2H])([2H])C([2H])([2H])N(C([2H])([2H])[2H])C([2H])([2H])C2([2H])[2H])nc1B1OC(C)(C)C(C)(C)O1. The van der Waals surface area contributed by atoms with Crippen LogP contribution in [0.2, 0.25) is 0 Å². The van der Waals surface area contributed by atoms with E-state index in [1.165, 1.54) is 0 Å². The Hall–Kier alpha value is -0.625. The third-order valence-electron chi connectivity index (χ3n) is 3.68. The van der Waals surface area contributed by atoms with Gasteiger partial charge in [-0.05, 0) is 34.7 Å². The Kier molecular flexibility index (Phi) is 1.61. The van der Waals surface area contributed by atoms with E-state index in [2.05, 4.69) is 4.98 Å². The van der Waals surface area contributed by atoms with E-state index in [1.54, 1.807) is 27.7 Å². The van der Waals surface area contributed by atoms with Crippen molar-refractivity contribution in [2.45, 2.75) is 38.9 Å². The summed E-state index contributed by atoms with van der Waals surface area (Å²) in [6.45, 7) is -10.3. The lowest BCUT2D eigenvalue weighted by atomic mass is 9.86. The lowest BCUT2D eigenvalue weighted by Gasteiger charge is -2.32. The zero-order valence-electron chi connectivity index (χ0n) is 24.1. The molecule has 0 radical (unpaired) electrons. The number of nitrogens with zero attached hydrogens (tertiary/aromatic N) is 3. The van der Waals surface area contributed by atoms with Gasteiger partial charge in [0.25, 0.3) is 0 Å². The summed E-state index contributed by atoms with van der Waals surface area (Å²) in [6, 6.07) is 0. The highest BCUT2D eigenvalue weighted by Gasteiger charge is 2.52. The summed E-state index contributed by atoms with van der Waals surface area (Å²) in [7, 11) is -1.15. The van der Waals surface area contributed by atoms with Gasteiger partial charge >= 0.3 is 7.12 Å². The summed E-state index contributed by atoms with van der Waals surface area (Å²) in [5, 5.41) is -0.841. The smallest absolute Gasteiger partial charge is 0.398 e. The number of rotatable bonds is 2. The molecule has 0 amide bonds. The van der Waals surface area contributed by atoms with Crippen molar-refractivity contribution in [3.05, 3.63) is 5.36 Å². The predicted molar refractivity (Wildman–Crippen MR) is 87.5 cm³/mol. The highest BCUT2D eigenvalue weighted by molar-refractivity contribution is 7.14. The van der Waals surface area contributed by atoms with Crippen molar-refractivity contribution >= 4 is 29.2 Å². The molecule has 0 atom stereocenters. The van der Waals surface area contributed by atoms with Crippen molar-refractivity contribution in [3.8, 4) is 0 Å². The predicted octanol–water partition coefficient (Wildman–Crippen LogP) is 1.19. The van der Waals surface area contributed by atoms with E-state index in [4.69, 9.17) is 25.8 Å². The summed E-state index contributed by atoms with van der Waals surface area (Å²) < 4.78 is 109. The van der Waals surface area contributed by atoms with Gasteiger partial charge in [-0.3, -0.25) is 0 Å². The molecule has 0 aliphatic carbocycles. The van der Waals surface area contributed by atoms with Crippen molar-refractivity contribution in [1.29, 1.82) is 0 Å². The van der Waals surface area contributed by atoms with Crippen molar-refractivity contribution in [2.24, 2.45) is 0 Å². The van der Waals surface area contributed by atoms with Gasteiger partial charge in [0.2, 0.25) is 0 Å². The Morgan fingerprint density at radius 3 is 2.48 bits per heavy atom. The molecule has 0 saturated carbocycles. The second-order valence-electron chi connectivity index (χ2n) is 5.69. The minimum absolute atomic E-state index is 0.111. The van der Waals surface area contributed by atoms with Crippen LogP contribution in [0.3, 0.4) is 0 Å². The molecule has 2 aliphatic heterocycles. The highest BCUT2D eigenvalue weighted by Crippen LogP contribution is 2.36.